The van der Waals surface area contributed by atoms with Gasteiger partial charge in [0.05, 0.1) is 13.4 Å². The molecular weight excluding hydrogens is 311 g/mol. The summed E-state index contributed by atoms with van der Waals surface area (Å²) in [4.78, 5) is 20.5. The molecule has 2 aromatic carbocycles. The van der Waals surface area contributed by atoms with Crippen LogP contribution in [-0.2, 0) is 15.2 Å². The molecule has 0 heterocycles. The van der Waals surface area contributed by atoms with Gasteiger partial charge in [0.2, 0.25) is 0 Å². The average Bonchev–Trinajstić information content (AvgIpc) is 2.25. The molecule has 0 aromatic heterocycles. The number of halogens is 2. The van der Waals surface area contributed by atoms with E-state index in [0.717, 1.165) is 12.1 Å². The Morgan fingerprint density at radius 1 is 1.00 bits per heavy atom. The van der Waals surface area contributed by atoms with Crippen LogP contribution in [0.25, 0.3) is 10.8 Å². The van der Waals surface area contributed by atoms with Crippen LogP contribution in [0.2, 0.25) is 0 Å². The van der Waals surface area contributed by atoms with Crippen LogP contribution in [0.1, 0.15) is 5.56 Å². The first-order chi connectivity index (χ1) is 8.28. The number of benzene rings is 2. The third-order valence-electron chi connectivity index (χ3n) is 2.31. The van der Waals surface area contributed by atoms with Gasteiger partial charge in [0, 0.05) is 0 Å². The van der Waals surface area contributed by atoms with Gasteiger partial charge < -0.3 is 14.4 Å². The largest absolute Gasteiger partial charge is 1.00 e. The number of hydrogen-bond donors (Lipinski definition) is 0. The molecule has 0 atom stereocenters. The first-order valence-corrected chi connectivity index (χ1v) is 6.34. The molecule has 2 rings (SSSR count). The summed E-state index contributed by atoms with van der Waals surface area (Å²) in [5.41, 5.74) is -0.687. The molecule has 0 saturated carbocycles. The van der Waals surface area contributed by atoms with E-state index in [-0.39, 0.29) is 59.1 Å². The van der Waals surface area contributed by atoms with E-state index in [9.17, 15) is 23.1 Å². The monoisotopic (exact) mass is 318 g/mol. The van der Waals surface area contributed by atoms with Gasteiger partial charge in [0.25, 0.3) is 0 Å². The van der Waals surface area contributed by atoms with Crippen molar-refractivity contribution in [2.24, 2.45) is 0 Å². The van der Waals surface area contributed by atoms with Crippen LogP contribution < -0.4 is 68.9 Å². The molecule has 9 heteroatoms. The van der Waals surface area contributed by atoms with Gasteiger partial charge in [-0.25, -0.2) is 0 Å². The Kier molecular flexibility index (Phi) is 8.05. The van der Waals surface area contributed by atoms with Gasteiger partial charge in [0.15, 0.2) is 0 Å². The maximum Gasteiger partial charge on any atom is 1.00 e. The normalized spacial score (nSPS) is 11.6. The minimum Gasteiger partial charge on any atom is -0.790 e. The molecule has 0 amide bonds. The van der Waals surface area contributed by atoms with Gasteiger partial charge >= 0.3 is 65.2 Å². The van der Waals surface area contributed by atoms with Gasteiger partial charge in [0.1, 0.15) is 0 Å². The molecule has 0 aliphatic heterocycles. The van der Waals surface area contributed by atoms with Gasteiger partial charge in [-0.1, -0.05) is 30.3 Å². The number of rotatable bonds is 3. The predicted octanol–water partition coefficient (Wildman–Crippen LogP) is -4.26. The number of hydrogen-bond acceptors (Lipinski definition) is 4. The first-order valence-electron chi connectivity index (χ1n) is 4.88. The topological polar surface area (TPSA) is 72.4 Å². The Morgan fingerprint density at radius 3 is 2.10 bits per heavy atom. The summed E-state index contributed by atoms with van der Waals surface area (Å²) in [7, 11) is -5.76. The van der Waals surface area contributed by atoms with Crippen molar-refractivity contribution in [1.82, 2.24) is 0 Å². The summed E-state index contributed by atoms with van der Waals surface area (Å²) in [6.45, 7) is 0. The van der Waals surface area contributed by atoms with E-state index in [4.69, 9.17) is 0 Å². The van der Waals surface area contributed by atoms with Crippen molar-refractivity contribution in [3.63, 3.8) is 0 Å². The second kappa shape index (κ2) is 7.79. The Hall–Kier alpha value is 0.670. The van der Waals surface area contributed by atoms with Crippen LogP contribution in [0.15, 0.2) is 42.5 Å². The fourth-order valence-electron chi connectivity index (χ4n) is 1.56. The third-order valence-corrected chi connectivity index (χ3v) is 2.76. The maximum atomic E-state index is 13.4. The van der Waals surface area contributed by atoms with Gasteiger partial charge in [-0.2, -0.15) is 8.78 Å². The average molecular weight is 318 g/mol. The van der Waals surface area contributed by atoms with E-state index in [1.54, 1.807) is 24.3 Å². The molecule has 0 spiro atoms. The fraction of sp³-hybridized carbons (Fsp3) is 0.0909. The van der Waals surface area contributed by atoms with Crippen LogP contribution in [-0.4, -0.2) is 0 Å². The summed E-state index contributed by atoms with van der Waals surface area (Å²) >= 11 is 0. The van der Waals surface area contributed by atoms with Crippen LogP contribution in [0.3, 0.4) is 0 Å². The zero-order chi connectivity index (χ0) is 13.4. The molecule has 4 nitrogen and oxygen atoms in total. The Bertz CT molecular complexity index is 633. The van der Waals surface area contributed by atoms with Crippen molar-refractivity contribution in [1.29, 1.82) is 0 Å². The molecule has 0 bridgehead atoms. The summed E-state index contributed by atoms with van der Waals surface area (Å²) in [6.07, 6.45) is -4.16. The SMILES string of the molecule is O=P([O-])([O-])OC(F)(F)c1ccc2ccccc2c1.[Na+].[Na+]. The Labute approximate surface area is 158 Å². The summed E-state index contributed by atoms with van der Waals surface area (Å²) in [6, 6.07) is 10.2. The van der Waals surface area contributed by atoms with Gasteiger partial charge in [-0.3, -0.25) is 4.52 Å². The zero-order valence-electron chi connectivity index (χ0n) is 10.9. The Morgan fingerprint density at radius 2 is 1.55 bits per heavy atom. The number of phosphoric acid groups is 1. The molecule has 0 radical (unpaired) electrons. The fourth-order valence-corrected chi connectivity index (χ4v) is 1.95. The summed E-state index contributed by atoms with van der Waals surface area (Å²) in [5, 5.41) is 1.20. The van der Waals surface area contributed by atoms with Crippen molar-refractivity contribution < 1.29 is 86.8 Å². The van der Waals surface area contributed by atoms with E-state index in [2.05, 4.69) is 4.52 Å². The summed E-state index contributed by atoms with van der Waals surface area (Å²) < 4.78 is 40.3. The van der Waals surface area contributed by atoms with Crippen LogP contribution in [0.4, 0.5) is 8.78 Å². The van der Waals surface area contributed by atoms with Crippen LogP contribution in [0.5, 0.6) is 0 Å². The molecule has 0 fully saturated rings. The maximum absolute atomic E-state index is 13.4. The van der Waals surface area contributed by atoms with Crippen molar-refractivity contribution in [2.45, 2.75) is 6.11 Å². The van der Waals surface area contributed by atoms with Crippen molar-refractivity contribution in [2.75, 3.05) is 0 Å². The van der Waals surface area contributed by atoms with E-state index >= 15 is 0 Å². The molecule has 20 heavy (non-hydrogen) atoms. The van der Waals surface area contributed by atoms with E-state index in [1.807, 2.05) is 0 Å². The molecule has 0 aliphatic carbocycles. The molecule has 2 aromatic rings. The Balaban J connectivity index is 0.00000180. The molecule has 0 unspecified atom stereocenters. The molecular formula is C11H7F2Na2O4P. The number of alkyl halides is 2. The van der Waals surface area contributed by atoms with E-state index < -0.39 is 19.5 Å². The smallest absolute Gasteiger partial charge is 0.790 e. The van der Waals surface area contributed by atoms with E-state index in [1.165, 1.54) is 6.07 Å². The first kappa shape index (κ1) is 20.7. The second-order valence-electron chi connectivity index (χ2n) is 3.62. The quantitative estimate of drug-likeness (QED) is 0.424. The predicted molar refractivity (Wildman–Crippen MR) is 56.5 cm³/mol. The number of phosphoric ester groups is 1. The van der Waals surface area contributed by atoms with Gasteiger partial charge in [-0.05, 0) is 22.9 Å². The molecule has 0 N–H and O–H groups in total. The minimum absolute atomic E-state index is 0. The minimum atomic E-state index is -5.76. The zero-order valence-corrected chi connectivity index (χ0v) is 15.8. The van der Waals surface area contributed by atoms with Gasteiger partial charge in [-0.15, -0.1) is 0 Å². The second-order valence-corrected chi connectivity index (χ2v) is 4.69. The van der Waals surface area contributed by atoms with Crippen molar-refractivity contribution in [3.05, 3.63) is 48.0 Å². The van der Waals surface area contributed by atoms with Crippen molar-refractivity contribution in [3.8, 4) is 0 Å². The third kappa shape index (κ3) is 5.46. The van der Waals surface area contributed by atoms with Crippen molar-refractivity contribution >= 4 is 18.6 Å². The number of fused-ring (bicyclic) bond motifs is 1. The van der Waals surface area contributed by atoms with E-state index in [0.29, 0.717) is 10.8 Å². The standard InChI is InChI=1S/C11H9F2O4P.2Na/c12-11(13,17-18(14,15)16)10-6-5-8-3-1-2-4-9(8)7-10;;/h1-7H,(H2,14,15,16);;/q;2*+1/p-2. The summed E-state index contributed by atoms with van der Waals surface area (Å²) in [5.74, 6) is 0. The van der Waals surface area contributed by atoms with Crippen LogP contribution >= 0.6 is 7.82 Å². The molecule has 0 saturated heterocycles. The molecule has 0 aliphatic rings. The van der Waals surface area contributed by atoms with Crippen LogP contribution in [0, 0.1) is 0 Å². The molecule has 96 valence electrons.